The molecular formula is C15H30N2. The Morgan fingerprint density at radius 3 is 2.59 bits per heavy atom. The molecule has 1 heterocycles. The van der Waals surface area contributed by atoms with Crippen LogP contribution in [0.1, 0.15) is 59.3 Å². The molecule has 1 unspecified atom stereocenters. The Bertz CT molecular complexity index is 231. The van der Waals surface area contributed by atoms with E-state index in [1.807, 2.05) is 0 Å². The molecule has 1 spiro atoms. The molecule has 0 amide bonds. The van der Waals surface area contributed by atoms with Crippen LogP contribution in [-0.4, -0.2) is 36.1 Å². The number of nitrogens with one attached hydrogen (secondary N) is 1. The first kappa shape index (κ1) is 13.4. The summed E-state index contributed by atoms with van der Waals surface area (Å²) in [6.07, 6.45) is 8.37. The third-order valence-corrected chi connectivity index (χ3v) is 4.59. The van der Waals surface area contributed by atoms with Gasteiger partial charge in [0, 0.05) is 31.2 Å². The lowest BCUT2D eigenvalue weighted by atomic mass is 9.89. The van der Waals surface area contributed by atoms with Crippen molar-refractivity contribution in [3.8, 4) is 0 Å². The summed E-state index contributed by atoms with van der Waals surface area (Å²) in [5.41, 5.74) is 0.522. The number of rotatable bonds is 4. The highest BCUT2D eigenvalue weighted by Crippen LogP contribution is 2.37. The Hall–Kier alpha value is -0.0800. The van der Waals surface area contributed by atoms with Gasteiger partial charge in [-0.1, -0.05) is 40.0 Å². The number of piperazine rings is 1. The van der Waals surface area contributed by atoms with E-state index >= 15 is 0 Å². The molecule has 0 radical (unpaired) electrons. The summed E-state index contributed by atoms with van der Waals surface area (Å²) in [6.45, 7) is 10.8. The van der Waals surface area contributed by atoms with Gasteiger partial charge in [0.05, 0.1) is 0 Å². The Labute approximate surface area is 107 Å². The predicted molar refractivity (Wildman–Crippen MR) is 74.3 cm³/mol. The average Bonchev–Trinajstić information content (AvgIpc) is 2.73. The topological polar surface area (TPSA) is 15.3 Å². The summed E-state index contributed by atoms with van der Waals surface area (Å²) < 4.78 is 0. The van der Waals surface area contributed by atoms with Crippen molar-refractivity contribution in [1.82, 2.24) is 10.2 Å². The van der Waals surface area contributed by atoms with Crippen LogP contribution in [0.4, 0.5) is 0 Å². The van der Waals surface area contributed by atoms with Crippen molar-refractivity contribution in [1.29, 1.82) is 0 Å². The molecule has 2 rings (SSSR count). The highest BCUT2D eigenvalue weighted by atomic mass is 15.3. The summed E-state index contributed by atoms with van der Waals surface area (Å²) in [6, 6.07) is 0.741. The molecule has 2 fully saturated rings. The van der Waals surface area contributed by atoms with Crippen molar-refractivity contribution >= 4 is 0 Å². The molecule has 1 N–H and O–H groups in total. The van der Waals surface area contributed by atoms with E-state index in [1.54, 1.807) is 0 Å². The SMILES string of the molecule is CCCC1CN(CC(C)C)C2(CCCC2)CN1. The summed E-state index contributed by atoms with van der Waals surface area (Å²) in [5, 5.41) is 3.81. The summed E-state index contributed by atoms with van der Waals surface area (Å²) in [4.78, 5) is 2.83. The Morgan fingerprint density at radius 1 is 1.29 bits per heavy atom. The van der Waals surface area contributed by atoms with E-state index in [4.69, 9.17) is 0 Å². The molecule has 2 nitrogen and oxygen atoms in total. The summed E-state index contributed by atoms with van der Waals surface area (Å²) >= 11 is 0. The minimum absolute atomic E-state index is 0.522. The molecule has 1 aliphatic heterocycles. The third kappa shape index (κ3) is 3.03. The van der Waals surface area contributed by atoms with E-state index in [1.165, 1.54) is 58.2 Å². The van der Waals surface area contributed by atoms with Crippen LogP contribution in [0.5, 0.6) is 0 Å². The zero-order valence-corrected chi connectivity index (χ0v) is 12.0. The standard InChI is InChI=1S/C15H30N2/c1-4-7-14-11-17(10-13(2)3)15(12-16-14)8-5-6-9-15/h13-14,16H,4-12H2,1-3H3. The van der Waals surface area contributed by atoms with E-state index in [9.17, 15) is 0 Å². The van der Waals surface area contributed by atoms with Gasteiger partial charge in [-0.15, -0.1) is 0 Å². The molecule has 1 saturated heterocycles. The number of hydrogen-bond acceptors (Lipinski definition) is 2. The molecule has 2 heteroatoms. The second kappa shape index (κ2) is 5.71. The maximum atomic E-state index is 3.81. The van der Waals surface area contributed by atoms with Gasteiger partial charge in [0.1, 0.15) is 0 Å². The maximum Gasteiger partial charge on any atom is 0.0334 e. The molecule has 0 aromatic rings. The molecule has 0 bridgehead atoms. The fourth-order valence-corrected chi connectivity index (χ4v) is 3.75. The van der Waals surface area contributed by atoms with Crippen molar-refractivity contribution in [3.05, 3.63) is 0 Å². The van der Waals surface area contributed by atoms with E-state index in [2.05, 4.69) is 31.0 Å². The van der Waals surface area contributed by atoms with E-state index in [-0.39, 0.29) is 0 Å². The number of nitrogens with zero attached hydrogens (tertiary/aromatic N) is 1. The van der Waals surface area contributed by atoms with Crippen molar-refractivity contribution in [2.75, 3.05) is 19.6 Å². The molecule has 0 aromatic heterocycles. The van der Waals surface area contributed by atoms with Gasteiger partial charge in [0.2, 0.25) is 0 Å². The minimum atomic E-state index is 0.522. The summed E-state index contributed by atoms with van der Waals surface area (Å²) in [7, 11) is 0. The largest absolute Gasteiger partial charge is 0.311 e. The second-order valence-corrected chi connectivity index (χ2v) is 6.60. The van der Waals surface area contributed by atoms with Crippen molar-refractivity contribution in [2.45, 2.75) is 70.9 Å². The molecular weight excluding hydrogens is 208 g/mol. The fraction of sp³-hybridized carbons (Fsp3) is 1.00. The monoisotopic (exact) mass is 238 g/mol. The zero-order valence-electron chi connectivity index (χ0n) is 12.0. The van der Waals surface area contributed by atoms with Gasteiger partial charge < -0.3 is 5.32 Å². The van der Waals surface area contributed by atoms with Gasteiger partial charge in [-0.25, -0.2) is 0 Å². The quantitative estimate of drug-likeness (QED) is 0.810. The second-order valence-electron chi connectivity index (χ2n) is 6.60. The number of hydrogen-bond donors (Lipinski definition) is 1. The van der Waals surface area contributed by atoms with Crippen molar-refractivity contribution in [3.63, 3.8) is 0 Å². The van der Waals surface area contributed by atoms with Crippen LogP contribution in [0, 0.1) is 5.92 Å². The van der Waals surface area contributed by atoms with E-state index < -0.39 is 0 Å². The van der Waals surface area contributed by atoms with Crippen LogP contribution in [0.15, 0.2) is 0 Å². The Morgan fingerprint density at radius 2 is 2.00 bits per heavy atom. The Kier molecular flexibility index (Phi) is 4.48. The molecule has 1 aliphatic carbocycles. The van der Waals surface area contributed by atoms with Crippen molar-refractivity contribution < 1.29 is 0 Å². The van der Waals surface area contributed by atoms with Gasteiger partial charge in [-0.05, 0) is 25.2 Å². The van der Waals surface area contributed by atoms with Gasteiger partial charge in [-0.2, -0.15) is 0 Å². The van der Waals surface area contributed by atoms with Crippen LogP contribution in [0.25, 0.3) is 0 Å². The molecule has 1 atom stereocenters. The Balaban J connectivity index is 2.01. The first-order valence-corrected chi connectivity index (χ1v) is 7.65. The molecule has 0 aromatic carbocycles. The van der Waals surface area contributed by atoms with Crippen LogP contribution in [-0.2, 0) is 0 Å². The van der Waals surface area contributed by atoms with Gasteiger partial charge >= 0.3 is 0 Å². The zero-order chi connectivity index (χ0) is 12.3. The molecule has 17 heavy (non-hydrogen) atoms. The first-order chi connectivity index (χ1) is 8.16. The highest BCUT2D eigenvalue weighted by molar-refractivity contribution is 5.01. The first-order valence-electron chi connectivity index (χ1n) is 7.65. The molecule has 2 aliphatic rings. The summed E-state index contributed by atoms with van der Waals surface area (Å²) in [5.74, 6) is 0.799. The lowest BCUT2D eigenvalue weighted by Gasteiger charge is -2.49. The van der Waals surface area contributed by atoms with Gasteiger partial charge in [-0.3, -0.25) is 4.90 Å². The minimum Gasteiger partial charge on any atom is -0.311 e. The lowest BCUT2D eigenvalue weighted by molar-refractivity contribution is 0.0313. The smallest absolute Gasteiger partial charge is 0.0334 e. The molecule has 1 saturated carbocycles. The normalized spacial score (nSPS) is 29.3. The fourth-order valence-electron chi connectivity index (χ4n) is 3.75. The lowest BCUT2D eigenvalue weighted by Crippen LogP contribution is -2.64. The van der Waals surface area contributed by atoms with E-state index in [0.717, 1.165) is 12.0 Å². The molecule has 100 valence electrons. The van der Waals surface area contributed by atoms with E-state index in [0.29, 0.717) is 5.54 Å². The van der Waals surface area contributed by atoms with Crippen molar-refractivity contribution in [2.24, 2.45) is 5.92 Å². The van der Waals surface area contributed by atoms with Crippen LogP contribution >= 0.6 is 0 Å². The van der Waals surface area contributed by atoms with Gasteiger partial charge in [0.25, 0.3) is 0 Å². The van der Waals surface area contributed by atoms with Crippen LogP contribution in [0.3, 0.4) is 0 Å². The average molecular weight is 238 g/mol. The van der Waals surface area contributed by atoms with Crippen LogP contribution < -0.4 is 5.32 Å². The maximum absolute atomic E-state index is 3.81. The highest BCUT2D eigenvalue weighted by Gasteiger charge is 2.43. The van der Waals surface area contributed by atoms with Crippen LogP contribution in [0.2, 0.25) is 0 Å². The third-order valence-electron chi connectivity index (χ3n) is 4.59. The van der Waals surface area contributed by atoms with Gasteiger partial charge in [0.15, 0.2) is 0 Å². The predicted octanol–water partition coefficient (Wildman–Crippen LogP) is 3.03.